The highest BCUT2D eigenvalue weighted by Gasteiger charge is 2.24. The van der Waals surface area contributed by atoms with Crippen molar-refractivity contribution in [3.05, 3.63) is 29.5 Å². The van der Waals surface area contributed by atoms with E-state index in [1.807, 2.05) is 26.8 Å². The van der Waals surface area contributed by atoms with Crippen LogP contribution in [0.5, 0.6) is 5.75 Å². The minimum atomic E-state index is -0.891. The fraction of sp³-hybridized carbons (Fsp3) is 0.474. The van der Waals surface area contributed by atoms with Crippen molar-refractivity contribution >= 4 is 22.8 Å². The molecule has 1 aromatic heterocycles. The van der Waals surface area contributed by atoms with E-state index in [4.69, 9.17) is 13.9 Å². The first-order valence-corrected chi connectivity index (χ1v) is 8.48. The summed E-state index contributed by atoms with van der Waals surface area (Å²) >= 11 is 0. The van der Waals surface area contributed by atoms with Crippen LogP contribution in [-0.2, 0) is 9.53 Å². The Labute approximate surface area is 147 Å². The van der Waals surface area contributed by atoms with E-state index in [-0.39, 0.29) is 11.7 Å². The lowest BCUT2D eigenvalue weighted by Gasteiger charge is -2.14. The van der Waals surface area contributed by atoms with Crippen LogP contribution in [0, 0.1) is 12.8 Å². The molecule has 0 aliphatic carbocycles. The van der Waals surface area contributed by atoms with Gasteiger partial charge in [-0.15, -0.1) is 0 Å². The maximum Gasteiger partial charge on any atom is 0.375 e. The minimum absolute atomic E-state index is 0.104. The second-order valence-corrected chi connectivity index (χ2v) is 6.33. The van der Waals surface area contributed by atoms with Crippen molar-refractivity contribution in [1.82, 2.24) is 5.32 Å². The van der Waals surface area contributed by atoms with Crippen LogP contribution in [0.4, 0.5) is 0 Å². The van der Waals surface area contributed by atoms with Gasteiger partial charge in [0.15, 0.2) is 6.10 Å². The molecule has 1 heterocycles. The van der Waals surface area contributed by atoms with Crippen LogP contribution in [0.2, 0.25) is 0 Å². The number of ether oxygens (including phenoxy) is 2. The monoisotopic (exact) mass is 347 g/mol. The highest BCUT2D eigenvalue weighted by molar-refractivity contribution is 5.97. The van der Waals surface area contributed by atoms with Gasteiger partial charge in [-0.1, -0.05) is 13.8 Å². The number of carbonyl (C=O) groups is 2. The second kappa shape index (κ2) is 8.05. The summed E-state index contributed by atoms with van der Waals surface area (Å²) in [4.78, 5) is 24.3. The van der Waals surface area contributed by atoms with E-state index in [0.29, 0.717) is 36.0 Å². The zero-order valence-corrected chi connectivity index (χ0v) is 15.3. The predicted octanol–water partition coefficient (Wildman–Crippen LogP) is 3.46. The van der Waals surface area contributed by atoms with Crippen molar-refractivity contribution in [3.63, 3.8) is 0 Å². The Kier molecular flexibility index (Phi) is 6.07. The Morgan fingerprint density at radius 2 is 1.96 bits per heavy atom. The van der Waals surface area contributed by atoms with Crippen LogP contribution in [0.25, 0.3) is 11.0 Å². The molecular formula is C19H25NO5. The smallest absolute Gasteiger partial charge is 0.375 e. The first kappa shape index (κ1) is 18.8. The van der Waals surface area contributed by atoms with Gasteiger partial charge in [0, 0.05) is 17.5 Å². The molecule has 0 aliphatic rings. The molecule has 0 fully saturated rings. The largest absolute Gasteiger partial charge is 0.494 e. The van der Waals surface area contributed by atoms with E-state index in [1.165, 1.54) is 0 Å². The fourth-order valence-corrected chi connectivity index (χ4v) is 2.37. The number of esters is 1. The summed E-state index contributed by atoms with van der Waals surface area (Å²) in [7, 11) is 0. The molecule has 0 unspecified atom stereocenters. The van der Waals surface area contributed by atoms with Gasteiger partial charge >= 0.3 is 5.97 Å². The average Bonchev–Trinajstić information content (AvgIpc) is 2.89. The molecule has 0 saturated carbocycles. The van der Waals surface area contributed by atoms with Crippen molar-refractivity contribution < 1.29 is 23.5 Å². The number of fused-ring (bicyclic) bond motifs is 1. The summed E-state index contributed by atoms with van der Waals surface area (Å²) in [6.45, 7) is 10.3. The normalized spacial score (nSPS) is 12.2. The molecule has 1 atom stereocenters. The minimum Gasteiger partial charge on any atom is -0.494 e. The molecular weight excluding hydrogens is 322 g/mol. The number of carbonyl (C=O) groups excluding carboxylic acids is 2. The maximum atomic E-state index is 12.4. The summed E-state index contributed by atoms with van der Waals surface area (Å²) in [5, 5.41) is 3.52. The third-order valence-corrected chi connectivity index (χ3v) is 3.74. The van der Waals surface area contributed by atoms with Gasteiger partial charge in [0.25, 0.3) is 5.91 Å². The van der Waals surface area contributed by atoms with Crippen LogP contribution in [0.1, 0.15) is 43.8 Å². The Morgan fingerprint density at radius 3 is 2.60 bits per heavy atom. The summed E-state index contributed by atoms with van der Waals surface area (Å²) in [5.41, 5.74) is 1.24. The zero-order chi connectivity index (χ0) is 18.6. The standard InChI is InChI=1S/C19H25NO5/c1-6-23-14-7-8-16-15(9-14)12(4)17(25-16)19(22)24-13(5)18(21)20-10-11(2)3/h7-9,11,13H,6,10H2,1-5H3,(H,20,21)/t13-/m0/s1. The molecule has 25 heavy (non-hydrogen) atoms. The first-order chi connectivity index (χ1) is 11.8. The van der Waals surface area contributed by atoms with E-state index >= 15 is 0 Å². The molecule has 0 radical (unpaired) electrons. The van der Waals surface area contributed by atoms with E-state index < -0.39 is 12.1 Å². The van der Waals surface area contributed by atoms with Crippen molar-refractivity contribution in [3.8, 4) is 5.75 Å². The van der Waals surface area contributed by atoms with Crippen molar-refractivity contribution in [2.45, 2.75) is 40.7 Å². The van der Waals surface area contributed by atoms with Crippen LogP contribution in [-0.4, -0.2) is 31.1 Å². The number of aryl methyl sites for hydroxylation is 1. The highest BCUT2D eigenvalue weighted by atomic mass is 16.6. The topological polar surface area (TPSA) is 77.8 Å². The van der Waals surface area contributed by atoms with Crippen molar-refractivity contribution in [2.75, 3.05) is 13.2 Å². The molecule has 2 aromatic rings. The van der Waals surface area contributed by atoms with Crippen LogP contribution < -0.4 is 10.1 Å². The molecule has 136 valence electrons. The number of benzene rings is 1. The van der Waals surface area contributed by atoms with Gasteiger partial charge in [-0.05, 0) is 44.9 Å². The molecule has 0 spiro atoms. The van der Waals surface area contributed by atoms with Gasteiger partial charge in [0.05, 0.1) is 6.61 Å². The number of hydrogen-bond acceptors (Lipinski definition) is 5. The van der Waals surface area contributed by atoms with E-state index in [1.54, 1.807) is 26.0 Å². The Morgan fingerprint density at radius 1 is 1.24 bits per heavy atom. The number of rotatable bonds is 7. The van der Waals surface area contributed by atoms with Gasteiger partial charge < -0.3 is 19.2 Å². The maximum absolute atomic E-state index is 12.4. The molecule has 1 aromatic carbocycles. The quantitative estimate of drug-likeness (QED) is 0.776. The van der Waals surface area contributed by atoms with E-state index in [0.717, 1.165) is 5.39 Å². The number of hydrogen-bond donors (Lipinski definition) is 1. The Bertz CT molecular complexity index is 763. The summed E-state index contributed by atoms with van der Waals surface area (Å²) < 4.78 is 16.3. The van der Waals surface area contributed by atoms with Crippen molar-refractivity contribution in [2.24, 2.45) is 5.92 Å². The molecule has 6 heteroatoms. The fourth-order valence-electron chi connectivity index (χ4n) is 2.37. The summed E-state index contributed by atoms with van der Waals surface area (Å²) in [6.07, 6.45) is -0.891. The summed E-state index contributed by atoms with van der Waals surface area (Å²) in [5.74, 6) is 0.157. The Balaban J connectivity index is 2.13. The van der Waals surface area contributed by atoms with E-state index in [2.05, 4.69) is 5.32 Å². The van der Waals surface area contributed by atoms with E-state index in [9.17, 15) is 9.59 Å². The predicted molar refractivity (Wildman–Crippen MR) is 94.8 cm³/mol. The zero-order valence-electron chi connectivity index (χ0n) is 15.3. The van der Waals surface area contributed by atoms with Gasteiger partial charge in [0.2, 0.25) is 5.76 Å². The Hall–Kier alpha value is -2.50. The van der Waals surface area contributed by atoms with Gasteiger partial charge in [-0.25, -0.2) is 4.79 Å². The van der Waals surface area contributed by atoms with Gasteiger partial charge in [-0.3, -0.25) is 4.79 Å². The number of amides is 1. The second-order valence-electron chi connectivity index (χ2n) is 6.33. The van der Waals surface area contributed by atoms with Crippen LogP contribution >= 0.6 is 0 Å². The molecule has 0 aliphatic heterocycles. The van der Waals surface area contributed by atoms with Gasteiger partial charge in [0.1, 0.15) is 11.3 Å². The molecule has 1 amide bonds. The lowest BCUT2D eigenvalue weighted by molar-refractivity contribution is -0.129. The molecule has 0 bridgehead atoms. The van der Waals surface area contributed by atoms with Crippen LogP contribution in [0.3, 0.4) is 0 Å². The third-order valence-electron chi connectivity index (χ3n) is 3.74. The lowest BCUT2D eigenvalue weighted by atomic mass is 10.1. The lowest BCUT2D eigenvalue weighted by Crippen LogP contribution is -2.37. The average molecular weight is 347 g/mol. The molecule has 2 rings (SSSR count). The summed E-state index contributed by atoms with van der Waals surface area (Å²) in [6, 6.07) is 5.36. The molecule has 6 nitrogen and oxygen atoms in total. The van der Waals surface area contributed by atoms with Crippen LogP contribution in [0.15, 0.2) is 22.6 Å². The first-order valence-electron chi connectivity index (χ1n) is 8.48. The third kappa shape index (κ3) is 4.53. The van der Waals surface area contributed by atoms with Crippen molar-refractivity contribution in [1.29, 1.82) is 0 Å². The number of furan rings is 1. The molecule has 1 N–H and O–H groups in total. The SMILES string of the molecule is CCOc1ccc2oc(C(=O)O[C@@H](C)C(=O)NCC(C)C)c(C)c2c1. The molecule has 0 saturated heterocycles. The number of nitrogens with one attached hydrogen (secondary N) is 1. The van der Waals surface area contributed by atoms with Gasteiger partial charge in [-0.2, -0.15) is 0 Å². The highest BCUT2D eigenvalue weighted by Crippen LogP contribution is 2.29.